The third-order valence-electron chi connectivity index (χ3n) is 2.92. The van der Waals surface area contributed by atoms with E-state index in [-0.39, 0.29) is 12.5 Å². The van der Waals surface area contributed by atoms with Crippen molar-refractivity contribution >= 4 is 17.5 Å². The first-order valence-corrected chi connectivity index (χ1v) is 5.99. The molecule has 1 aliphatic heterocycles. The van der Waals surface area contributed by atoms with E-state index in [9.17, 15) is 9.90 Å². The summed E-state index contributed by atoms with van der Waals surface area (Å²) in [4.78, 5) is 11.9. The molecular weight excluding hydrogens is 242 g/mol. The zero-order chi connectivity index (χ0) is 12.5. The molecule has 0 bridgehead atoms. The molecule has 0 unspecified atom stereocenters. The number of carbonyl (C=O) groups is 1. The van der Waals surface area contributed by atoms with Crippen LogP contribution in [-0.4, -0.2) is 40.8 Å². The number of carbonyl (C=O) groups excluding carboxylic acids is 1. The number of nitrogens with zero attached hydrogens (tertiary/aromatic N) is 1. The number of aromatic nitrogens is 1. The fraction of sp³-hybridized carbons (Fsp3) is 0.545. The fourth-order valence-electron chi connectivity index (χ4n) is 1.80. The third kappa shape index (κ3) is 2.62. The molecule has 1 saturated heterocycles. The Morgan fingerprint density at radius 2 is 2.41 bits per heavy atom. The lowest BCUT2D eigenvalue weighted by Crippen LogP contribution is -2.64. The minimum Gasteiger partial charge on any atom is -0.385 e. The van der Waals surface area contributed by atoms with Crippen LogP contribution in [0.1, 0.15) is 17.4 Å². The number of amides is 1. The highest BCUT2D eigenvalue weighted by Crippen LogP contribution is 2.14. The Hall–Kier alpha value is -1.04. The van der Waals surface area contributed by atoms with Crippen LogP contribution < -0.4 is 10.6 Å². The Bertz CT molecular complexity index is 426. The maximum atomic E-state index is 11.9. The molecule has 3 N–H and O–H groups in total. The summed E-state index contributed by atoms with van der Waals surface area (Å²) < 4.78 is 1.78. The molecule has 0 saturated carbocycles. The van der Waals surface area contributed by atoms with Gasteiger partial charge in [0.15, 0.2) is 0 Å². The fourth-order valence-corrected chi connectivity index (χ4v) is 2.02. The van der Waals surface area contributed by atoms with E-state index in [4.69, 9.17) is 11.6 Å². The van der Waals surface area contributed by atoms with E-state index in [1.165, 1.54) is 0 Å². The molecule has 17 heavy (non-hydrogen) atoms. The lowest BCUT2D eigenvalue weighted by atomic mass is 9.97. The predicted octanol–water partition coefficient (Wildman–Crippen LogP) is 0.225. The second-order valence-electron chi connectivity index (χ2n) is 4.34. The van der Waals surface area contributed by atoms with Crippen LogP contribution in [0.5, 0.6) is 0 Å². The quantitative estimate of drug-likeness (QED) is 0.723. The highest BCUT2D eigenvalue weighted by Gasteiger charge is 2.34. The summed E-state index contributed by atoms with van der Waals surface area (Å²) in [6.45, 7) is 3.91. The number of β-amino-alcohol motifs (C(OH)–C–C–N with tert-alkyl or cyclic N) is 1. The van der Waals surface area contributed by atoms with Gasteiger partial charge in [-0.05, 0) is 13.0 Å². The summed E-state index contributed by atoms with van der Waals surface area (Å²) in [6.07, 6.45) is 1.72. The second kappa shape index (κ2) is 4.68. The molecule has 1 aromatic heterocycles. The van der Waals surface area contributed by atoms with Gasteiger partial charge in [0.05, 0.1) is 5.02 Å². The maximum Gasteiger partial charge on any atom is 0.268 e. The first kappa shape index (κ1) is 12.4. The summed E-state index contributed by atoms with van der Waals surface area (Å²) in [7, 11) is 0. The molecule has 2 rings (SSSR count). The molecule has 5 nitrogen and oxygen atoms in total. The molecule has 1 amide bonds. The molecule has 6 heteroatoms. The molecule has 0 atom stereocenters. The van der Waals surface area contributed by atoms with Gasteiger partial charge in [-0.1, -0.05) is 11.6 Å². The average molecular weight is 258 g/mol. The smallest absolute Gasteiger partial charge is 0.268 e. The Morgan fingerprint density at radius 1 is 1.71 bits per heavy atom. The van der Waals surface area contributed by atoms with Gasteiger partial charge >= 0.3 is 0 Å². The molecule has 1 aromatic rings. The van der Waals surface area contributed by atoms with Gasteiger partial charge in [-0.3, -0.25) is 4.79 Å². The first-order valence-electron chi connectivity index (χ1n) is 5.61. The minimum atomic E-state index is -0.802. The van der Waals surface area contributed by atoms with Crippen molar-refractivity contribution < 1.29 is 9.90 Å². The molecule has 0 aliphatic carbocycles. The second-order valence-corrected chi connectivity index (χ2v) is 4.78. The molecular formula is C11H16ClN3O2. The zero-order valence-corrected chi connectivity index (χ0v) is 10.4. The van der Waals surface area contributed by atoms with Crippen LogP contribution in [0, 0.1) is 0 Å². The minimum absolute atomic E-state index is 0.209. The number of hydrogen-bond donors (Lipinski definition) is 3. The van der Waals surface area contributed by atoms with Crippen LogP contribution in [0.15, 0.2) is 12.3 Å². The standard InChI is InChI=1S/C11H16ClN3O2/c1-2-15-4-8(12)3-9(15)10(16)14-7-11(17)5-13-6-11/h3-4,13,17H,2,5-7H2,1H3,(H,14,16). The van der Waals surface area contributed by atoms with Crippen LogP contribution in [0.2, 0.25) is 5.02 Å². The summed E-state index contributed by atoms with van der Waals surface area (Å²) in [5.41, 5.74) is -0.281. The predicted molar refractivity (Wildman–Crippen MR) is 65.3 cm³/mol. The molecule has 0 radical (unpaired) electrons. The summed E-state index contributed by atoms with van der Waals surface area (Å²) in [5, 5.41) is 16.1. The first-order chi connectivity index (χ1) is 8.04. The van der Waals surface area contributed by atoms with E-state index in [0.29, 0.717) is 30.4 Å². The van der Waals surface area contributed by atoms with Gasteiger partial charge in [0.1, 0.15) is 11.3 Å². The van der Waals surface area contributed by atoms with E-state index in [0.717, 1.165) is 0 Å². The average Bonchev–Trinajstić information content (AvgIpc) is 2.64. The van der Waals surface area contributed by atoms with Crippen LogP contribution in [0.3, 0.4) is 0 Å². The van der Waals surface area contributed by atoms with Gasteiger partial charge in [-0.25, -0.2) is 0 Å². The van der Waals surface area contributed by atoms with Crippen molar-refractivity contribution in [1.82, 2.24) is 15.2 Å². The van der Waals surface area contributed by atoms with Gasteiger partial charge in [0.2, 0.25) is 0 Å². The number of nitrogens with one attached hydrogen (secondary N) is 2. The molecule has 94 valence electrons. The SMILES string of the molecule is CCn1cc(Cl)cc1C(=O)NCC1(O)CNC1. The maximum absolute atomic E-state index is 11.9. The highest BCUT2D eigenvalue weighted by molar-refractivity contribution is 6.31. The monoisotopic (exact) mass is 257 g/mol. The van der Waals surface area contributed by atoms with E-state index in [1.807, 2.05) is 6.92 Å². The van der Waals surface area contributed by atoms with Gasteiger partial charge < -0.3 is 20.3 Å². The molecule has 0 spiro atoms. The lowest BCUT2D eigenvalue weighted by Gasteiger charge is -2.37. The number of hydrogen-bond acceptors (Lipinski definition) is 3. The van der Waals surface area contributed by atoms with Crippen LogP contribution >= 0.6 is 11.6 Å². The van der Waals surface area contributed by atoms with Crippen molar-refractivity contribution in [3.05, 3.63) is 23.0 Å². The van der Waals surface area contributed by atoms with Gasteiger partial charge in [0, 0.05) is 32.4 Å². The summed E-state index contributed by atoms with van der Waals surface area (Å²) >= 11 is 5.86. The van der Waals surface area contributed by atoms with Crippen LogP contribution in [0.4, 0.5) is 0 Å². The van der Waals surface area contributed by atoms with Crippen molar-refractivity contribution in [3.8, 4) is 0 Å². The Morgan fingerprint density at radius 3 is 2.94 bits per heavy atom. The number of aliphatic hydroxyl groups is 1. The van der Waals surface area contributed by atoms with Gasteiger partial charge in [-0.15, -0.1) is 0 Å². The van der Waals surface area contributed by atoms with Gasteiger partial charge in [-0.2, -0.15) is 0 Å². The van der Waals surface area contributed by atoms with Crippen molar-refractivity contribution in [2.45, 2.75) is 19.1 Å². The third-order valence-corrected chi connectivity index (χ3v) is 3.13. The van der Waals surface area contributed by atoms with Crippen LogP contribution in [0.25, 0.3) is 0 Å². The highest BCUT2D eigenvalue weighted by atomic mass is 35.5. The number of halogens is 1. The van der Waals surface area contributed by atoms with Crippen LogP contribution in [-0.2, 0) is 6.54 Å². The normalized spacial score (nSPS) is 17.6. The Balaban J connectivity index is 1.99. The molecule has 1 aliphatic rings. The topological polar surface area (TPSA) is 66.3 Å². The Labute approximate surface area is 105 Å². The van der Waals surface area contributed by atoms with E-state index in [2.05, 4.69) is 10.6 Å². The number of rotatable bonds is 4. The van der Waals surface area contributed by atoms with Crippen molar-refractivity contribution in [2.24, 2.45) is 0 Å². The lowest BCUT2D eigenvalue weighted by molar-refractivity contribution is -0.00766. The molecule has 0 aromatic carbocycles. The van der Waals surface area contributed by atoms with Crippen molar-refractivity contribution in [2.75, 3.05) is 19.6 Å². The summed E-state index contributed by atoms with van der Waals surface area (Å²) in [5.74, 6) is -0.209. The van der Waals surface area contributed by atoms with Crippen molar-refractivity contribution in [1.29, 1.82) is 0 Å². The van der Waals surface area contributed by atoms with E-state index < -0.39 is 5.60 Å². The van der Waals surface area contributed by atoms with E-state index >= 15 is 0 Å². The van der Waals surface area contributed by atoms with E-state index in [1.54, 1.807) is 16.8 Å². The largest absolute Gasteiger partial charge is 0.385 e. The molecule has 2 heterocycles. The zero-order valence-electron chi connectivity index (χ0n) is 9.66. The summed E-state index contributed by atoms with van der Waals surface area (Å²) in [6, 6.07) is 1.63. The molecule has 1 fully saturated rings. The van der Waals surface area contributed by atoms with Crippen molar-refractivity contribution in [3.63, 3.8) is 0 Å². The number of aryl methyl sites for hydroxylation is 1. The Kier molecular flexibility index (Phi) is 3.42. The van der Waals surface area contributed by atoms with Gasteiger partial charge in [0.25, 0.3) is 5.91 Å².